The van der Waals surface area contributed by atoms with Crippen molar-refractivity contribution in [2.75, 3.05) is 25.6 Å². The minimum absolute atomic E-state index is 0.315. The number of benzene rings is 2. The third kappa shape index (κ3) is 3.66. The molecule has 6 heteroatoms. The smallest absolute Gasteiger partial charge is 0.137 e. The highest BCUT2D eigenvalue weighted by Crippen LogP contribution is 2.20. The Labute approximate surface area is 133 Å². The molecule has 0 aliphatic carbocycles. The fraction of sp³-hybridized carbons (Fsp3) is 0.176. The molecule has 1 aromatic heterocycles. The predicted molar refractivity (Wildman–Crippen MR) is 86.5 cm³/mol. The maximum absolute atomic E-state index is 13.4. The molecule has 0 aliphatic heterocycles. The van der Waals surface area contributed by atoms with E-state index in [1.54, 1.807) is 13.2 Å². The first kappa shape index (κ1) is 15.0. The Hall–Kier alpha value is -2.89. The summed E-state index contributed by atoms with van der Waals surface area (Å²) in [4.78, 5) is 8.27. The minimum Gasteiger partial charge on any atom is -0.497 e. The highest BCUT2D eigenvalue weighted by atomic mass is 19.1. The first-order chi connectivity index (χ1) is 11.3. The quantitative estimate of drug-likeness (QED) is 0.708. The lowest BCUT2D eigenvalue weighted by Crippen LogP contribution is -2.12. The molecule has 0 bridgehead atoms. The van der Waals surface area contributed by atoms with Gasteiger partial charge in [0.2, 0.25) is 0 Å². The summed E-state index contributed by atoms with van der Waals surface area (Å²) in [6.45, 7) is 0.988. The van der Waals surface area contributed by atoms with Gasteiger partial charge in [-0.1, -0.05) is 0 Å². The summed E-state index contributed by atoms with van der Waals surface area (Å²) in [6.07, 6.45) is 1.45. The van der Waals surface area contributed by atoms with E-state index in [0.29, 0.717) is 29.9 Å². The first-order valence-corrected chi connectivity index (χ1v) is 7.17. The van der Waals surface area contributed by atoms with E-state index in [1.807, 2.05) is 24.3 Å². The molecule has 5 nitrogen and oxygen atoms in total. The Morgan fingerprint density at radius 2 is 1.83 bits per heavy atom. The Kier molecular flexibility index (Phi) is 4.52. The molecule has 0 atom stereocenters. The number of aromatic nitrogens is 2. The number of halogens is 1. The molecule has 0 spiro atoms. The van der Waals surface area contributed by atoms with Gasteiger partial charge in [0.05, 0.1) is 19.2 Å². The molecule has 1 heterocycles. The molecule has 0 radical (unpaired) electrons. The van der Waals surface area contributed by atoms with Crippen LogP contribution in [-0.4, -0.2) is 30.2 Å². The SMILES string of the molecule is COc1ccc(OCCNc2ncnc3ccc(F)cc23)cc1. The van der Waals surface area contributed by atoms with Crippen LogP contribution >= 0.6 is 0 Å². The zero-order valence-corrected chi connectivity index (χ0v) is 12.6. The van der Waals surface area contributed by atoms with Gasteiger partial charge >= 0.3 is 0 Å². The summed E-state index contributed by atoms with van der Waals surface area (Å²) in [5, 5.41) is 3.79. The van der Waals surface area contributed by atoms with Crippen LogP contribution in [0.1, 0.15) is 0 Å². The molecule has 118 valence electrons. The van der Waals surface area contributed by atoms with Crippen molar-refractivity contribution in [2.45, 2.75) is 0 Å². The largest absolute Gasteiger partial charge is 0.497 e. The highest BCUT2D eigenvalue weighted by Gasteiger charge is 2.04. The number of nitrogens with one attached hydrogen (secondary N) is 1. The third-order valence-electron chi connectivity index (χ3n) is 3.32. The van der Waals surface area contributed by atoms with Crippen molar-refractivity contribution in [3.05, 3.63) is 54.6 Å². The van der Waals surface area contributed by atoms with Crippen molar-refractivity contribution in [1.29, 1.82) is 0 Å². The van der Waals surface area contributed by atoms with Gasteiger partial charge in [0.15, 0.2) is 0 Å². The number of methoxy groups -OCH3 is 1. The van der Waals surface area contributed by atoms with Crippen molar-refractivity contribution < 1.29 is 13.9 Å². The summed E-state index contributed by atoms with van der Waals surface area (Å²) in [5.41, 5.74) is 0.694. The fourth-order valence-corrected chi connectivity index (χ4v) is 2.18. The van der Waals surface area contributed by atoms with Crippen molar-refractivity contribution in [2.24, 2.45) is 0 Å². The van der Waals surface area contributed by atoms with Crippen LogP contribution in [0.5, 0.6) is 11.5 Å². The summed E-state index contributed by atoms with van der Waals surface area (Å²) >= 11 is 0. The van der Waals surface area contributed by atoms with Gasteiger partial charge in [0, 0.05) is 5.39 Å². The minimum atomic E-state index is -0.315. The van der Waals surface area contributed by atoms with Crippen LogP contribution in [-0.2, 0) is 0 Å². The van der Waals surface area contributed by atoms with Gasteiger partial charge in [-0.05, 0) is 42.5 Å². The van der Waals surface area contributed by atoms with Crippen LogP contribution in [0.15, 0.2) is 48.8 Å². The number of fused-ring (bicyclic) bond motifs is 1. The lowest BCUT2D eigenvalue weighted by atomic mass is 10.2. The number of anilines is 1. The standard InChI is InChI=1S/C17H16FN3O2/c1-22-13-3-5-14(6-4-13)23-9-8-19-17-15-10-12(18)2-7-16(15)20-11-21-17/h2-7,10-11H,8-9H2,1H3,(H,19,20,21). The molecule has 0 amide bonds. The van der Waals surface area contributed by atoms with Crippen molar-refractivity contribution in [3.8, 4) is 11.5 Å². The average molecular weight is 313 g/mol. The number of nitrogens with zero attached hydrogens (tertiary/aromatic N) is 2. The van der Waals surface area contributed by atoms with Gasteiger partial charge in [-0.2, -0.15) is 0 Å². The van der Waals surface area contributed by atoms with Crippen LogP contribution in [0, 0.1) is 5.82 Å². The molecule has 2 aromatic carbocycles. The van der Waals surface area contributed by atoms with E-state index in [-0.39, 0.29) is 5.82 Å². The Balaban J connectivity index is 1.59. The molecule has 0 aliphatic rings. The summed E-state index contributed by atoms with van der Waals surface area (Å²) in [7, 11) is 1.62. The number of hydrogen-bond acceptors (Lipinski definition) is 5. The molecular weight excluding hydrogens is 297 g/mol. The third-order valence-corrected chi connectivity index (χ3v) is 3.32. The molecule has 0 saturated heterocycles. The zero-order valence-electron chi connectivity index (χ0n) is 12.6. The predicted octanol–water partition coefficient (Wildman–Crippen LogP) is 3.27. The summed E-state index contributed by atoms with van der Waals surface area (Å²) in [5.74, 6) is 1.81. The first-order valence-electron chi connectivity index (χ1n) is 7.17. The van der Waals surface area contributed by atoms with E-state index in [2.05, 4.69) is 15.3 Å². The van der Waals surface area contributed by atoms with Crippen molar-refractivity contribution in [3.63, 3.8) is 0 Å². The zero-order chi connectivity index (χ0) is 16.1. The maximum atomic E-state index is 13.4. The molecule has 23 heavy (non-hydrogen) atoms. The van der Waals surface area contributed by atoms with Gasteiger partial charge in [-0.25, -0.2) is 14.4 Å². The lowest BCUT2D eigenvalue weighted by Gasteiger charge is -2.10. The van der Waals surface area contributed by atoms with E-state index in [4.69, 9.17) is 9.47 Å². The highest BCUT2D eigenvalue weighted by molar-refractivity contribution is 5.88. The van der Waals surface area contributed by atoms with E-state index < -0.39 is 0 Å². The van der Waals surface area contributed by atoms with E-state index >= 15 is 0 Å². The van der Waals surface area contributed by atoms with Crippen LogP contribution in [0.4, 0.5) is 10.2 Å². The number of rotatable bonds is 6. The molecule has 0 saturated carbocycles. The Morgan fingerprint density at radius 3 is 2.61 bits per heavy atom. The van der Waals surface area contributed by atoms with Crippen LogP contribution in [0.25, 0.3) is 10.9 Å². The molecular formula is C17H16FN3O2. The monoisotopic (exact) mass is 313 g/mol. The Bertz CT molecular complexity index is 793. The second-order valence-corrected chi connectivity index (χ2v) is 4.83. The second kappa shape index (κ2) is 6.91. The van der Waals surface area contributed by atoms with Crippen LogP contribution in [0.3, 0.4) is 0 Å². The molecule has 3 rings (SSSR count). The molecule has 1 N–H and O–H groups in total. The number of hydrogen-bond donors (Lipinski definition) is 1. The van der Waals surface area contributed by atoms with Crippen LogP contribution < -0.4 is 14.8 Å². The van der Waals surface area contributed by atoms with Crippen LogP contribution in [0.2, 0.25) is 0 Å². The Morgan fingerprint density at radius 1 is 1.04 bits per heavy atom. The fourth-order valence-electron chi connectivity index (χ4n) is 2.18. The molecule has 0 unspecified atom stereocenters. The lowest BCUT2D eigenvalue weighted by molar-refractivity contribution is 0.331. The normalized spacial score (nSPS) is 10.5. The number of ether oxygens (including phenoxy) is 2. The molecule has 0 fully saturated rings. The van der Waals surface area contributed by atoms with Gasteiger partial charge < -0.3 is 14.8 Å². The van der Waals surface area contributed by atoms with Gasteiger partial charge in [0.1, 0.15) is 36.1 Å². The summed E-state index contributed by atoms with van der Waals surface area (Å²) in [6, 6.07) is 11.8. The van der Waals surface area contributed by atoms with Gasteiger partial charge in [0.25, 0.3) is 0 Å². The van der Waals surface area contributed by atoms with E-state index in [9.17, 15) is 4.39 Å². The average Bonchev–Trinajstić information content (AvgIpc) is 2.59. The van der Waals surface area contributed by atoms with Crippen molar-refractivity contribution in [1.82, 2.24) is 9.97 Å². The van der Waals surface area contributed by atoms with Gasteiger partial charge in [-0.3, -0.25) is 0 Å². The topological polar surface area (TPSA) is 56.3 Å². The maximum Gasteiger partial charge on any atom is 0.137 e. The molecule has 3 aromatic rings. The second-order valence-electron chi connectivity index (χ2n) is 4.83. The van der Waals surface area contributed by atoms with E-state index in [1.165, 1.54) is 18.5 Å². The van der Waals surface area contributed by atoms with E-state index in [0.717, 1.165) is 11.5 Å². The van der Waals surface area contributed by atoms with Crippen molar-refractivity contribution >= 4 is 16.7 Å². The van der Waals surface area contributed by atoms with Gasteiger partial charge in [-0.15, -0.1) is 0 Å². The summed E-state index contributed by atoms with van der Waals surface area (Å²) < 4.78 is 24.1.